The minimum atomic E-state index is -0.485. The van der Waals surface area contributed by atoms with Crippen molar-refractivity contribution in [3.63, 3.8) is 0 Å². The second-order valence-corrected chi connectivity index (χ2v) is 5.94. The lowest BCUT2D eigenvalue weighted by molar-refractivity contribution is 0.568. The van der Waals surface area contributed by atoms with Gasteiger partial charge in [-0.25, -0.2) is 4.39 Å². The Labute approximate surface area is 116 Å². The molecule has 0 aliphatic heterocycles. The molecule has 2 aromatic rings. The molecule has 1 heterocycles. The van der Waals surface area contributed by atoms with Crippen LogP contribution in [0, 0.1) is 17.1 Å². The summed E-state index contributed by atoms with van der Waals surface area (Å²) >= 11 is 1.70. The van der Waals surface area contributed by atoms with E-state index in [4.69, 9.17) is 5.26 Å². The van der Waals surface area contributed by atoms with Crippen LogP contribution in [0.5, 0.6) is 0 Å². The van der Waals surface area contributed by atoms with E-state index in [0.29, 0.717) is 12.2 Å². The maximum atomic E-state index is 13.5. The molecule has 0 amide bonds. The first-order valence-electron chi connectivity index (χ1n) is 6.01. The number of halogens is 1. The van der Waals surface area contributed by atoms with E-state index >= 15 is 0 Å². The predicted octanol–water partition coefficient (Wildman–Crippen LogP) is 4.15. The normalized spacial score (nSPS) is 11.1. The molecule has 0 unspecified atom stereocenters. The van der Waals surface area contributed by atoms with E-state index < -0.39 is 5.82 Å². The van der Waals surface area contributed by atoms with Gasteiger partial charge >= 0.3 is 0 Å². The van der Waals surface area contributed by atoms with Crippen molar-refractivity contribution in [3.8, 4) is 6.07 Å². The van der Waals surface area contributed by atoms with Crippen LogP contribution in [0.4, 0.5) is 10.1 Å². The molecule has 0 bridgehead atoms. The van der Waals surface area contributed by atoms with Crippen molar-refractivity contribution >= 4 is 17.0 Å². The highest BCUT2D eigenvalue weighted by atomic mass is 32.1. The molecular weight excluding hydrogens is 259 g/mol. The quantitative estimate of drug-likeness (QED) is 0.909. The lowest BCUT2D eigenvalue weighted by Gasteiger charge is -2.24. The summed E-state index contributed by atoms with van der Waals surface area (Å²) < 4.78 is 13.5. The summed E-state index contributed by atoms with van der Waals surface area (Å²) in [5.74, 6) is -0.485. The van der Waals surface area contributed by atoms with Gasteiger partial charge in [0, 0.05) is 16.8 Å². The molecule has 0 radical (unpaired) electrons. The minimum absolute atomic E-state index is 0.0623. The number of nitrogens with one attached hydrogen (secondary N) is 1. The summed E-state index contributed by atoms with van der Waals surface area (Å²) in [6, 6.07) is 10.6. The molecular formula is C15H15FN2S. The molecule has 0 aliphatic carbocycles. The van der Waals surface area contributed by atoms with Gasteiger partial charge in [-0.3, -0.25) is 0 Å². The van der Waals surface area contributed by atoms with Crippen molar-refractivity contribution in [3.05, 3.63) is 52.0 Å². The number of anilines is 1. The van der Waals surface area contributed by atoms with Crippen molar-refractivity contribution in [2.75, 3.05) is 11.9 Å². The number of thiophene rings is 1. The van der Waals surface area contributed by atoms with Crippen LogP contribution in [-0.2, 0) is 5.41 Å². The molecule has 2 nitrogen and oxygen atoms in total. The highest BCUT2D eigenvalue weighted by Crippen LogP contribution is 2.28. The van der Waals surface area contributed by atoms with Gasteiger partial charge in [-0.15, -0.1) is 11.3 Å². The molecule has 4 heteroatoms. The Kier molecular flexibility index (Phi) is 3.87. The average molecular weight is 274 g/mol. The largest absolute Gasteiger partial charge is 0.383 e. The molecule has 0 atom stereocenters. The minimum Gasteiger partial charge on any atom is -0.383 e. The monoisotopic (exact) mass is 274 g/mol. The van der Waals surface area contributed by atoms with Crippen molar-refractivity contribution in [1.82, 2.24) is 0 Å². The summed E-state index contributed by atoms with van der Waals surface area (Å²) in [6.07, 6.45) is 0. The Bertz CT molecular complexity index is 597. The standard InChI is InChI=1S/C15H15FN2S/c1-15(2,14-7-4-8-19-14)10-18-13-6-3-5-12(16)11(13)9-17/h3-8,18H,10H2,1-2H3. The van der Waals surface area contributed by atoms with Crippen molar-refractivity contribution < 1.29 is 4.39 Å². The second kappa shape index (κ2) is 5.41. The van der Waals surface area contributed by atoms with Gasteiger partial charge in [-0.05, 0) is 23.6 Å². The summed E-state index contributed by atoms with van der Waals surface area (Å²) in [4.78, 5) is 1.26. The van der Waals surface area contributed by atoms with Gasteiger partial charge in [0.15, 0.2) is 0 Å². The van der Waals surface area contributed by atoms with Gasteiger partial charge in [0.05, 0.1) is 5.69 Å². The maximum absolute atomic E-state index is 13.5. The Hall–Kier alpha value is -1.86. The van der Waals surface area contributed by atoms with Gasteiger partial charge in [0.1, 0.15) is 17.4 Å². The maximum Gasteiger partial charge on any atom is 0.143 e. The topological polar surface area (TPSA) is 35.8 Å². The van der Waals surface area contributed by atoms with Crippen molar-refractivity contribution in [2.45, 2.75) is 19.3 Å². The van der Waals surface area contributed by atoms with Crippen LogP contribution >= 0.6 is 11.3 Å². The Morgan fingerprint density at radius 2 is 2.11 bits per heavy atom. The van der Waals surface area contributed by atoms with Crippen molar-refractivity contribution in [2.24, 2.45) is 0 Å². The third-order valence-corrected chi connectivity index (χ3v) is 4.27. The second-order valence-electron chi connectivity index (χ2n) is 4.99. The molecule has 0 aliphatic rings. The van der Waals surface area contributed by atoms with Gasteiger partial charge in [0.2, 0.25) is 0 Å². The zero-order chi connectivity index (χ0) is 13.9. The van der Waals surface area contributed by atoms with Crippen molar-refractivity contribution in [1.29, 1.82) is 5.26 Å². The summed E-state index contributed by atoms with van der Waals surface area (Å²) in [5, 5.41) is 14.2. The number of rotatable bonds is 4. The highest BCUT2D eigenvalue weighted by Gasteiger charge is 2.22. The smallest absolute Gasteiger partial charge is 0.143 e. The van der Waals surface area contributed by atoms with Crippen LogP contribution in [0.1, 0.15) is 24.3 Å². The van der Waals surface area contributed by atoms with Crippen LogP contribution in [-0.4, -0.2) is 6.54 Å². The number of nitrogens with zero attached hydrogens (tertiary/aromatic N) is 1. The van der Waals surface area contributed by atoms with Gasteiger partial charge < -0.3 is 5.32 Å². The fraction of sp³-hybridized carbons (Fsp3) is 0.267. The fourth-order valence-corrected chi connectivity index (χ4v) is 2.70. The first-order chi connectivity index (χ1) is 9.04. The highest BCUT2D eigenvalue weighted by molar-refractivity contribution is 7.10. The molecule has 1 aromatic carbocycles. The Morgan fingerprint density at radius 3 is 2.74 bits per heavy atom. The first-order valence-corrected chi connectivity index (χ1v) is 6.89. The van der Waals surface area contributed by atoms with Crippen LogP contribution < -0.4 is 5.32 Å². The SMILES string of the molecule is CC(C)(CNc1cccc(F)c1C#N)c1cccs1. The molecule has 2 rings (SSSR count). The van der Waals surface area contributed by atoms with E-state index in [1.54, 1.807) is 23.5 Å². The molecule has 0 spiro atoms. The Balaban J connectivity index is 2.16. The third kappa shape index (κ3) is 2.94. The van der Waals surface area contributed by atoms with Crippen LogP contribution in [0.25, 0.3) is 0 Å². The number of hydrogen-bond acceptors (Lipinski definition) is 3. The van der Waals surface area contributed by atoms with Gasteiger partial charge in [-0.1, -0.05) is 26.0 Å². The average Bonchev–Trinajstić information content (AvgIpc) is 2.91. The van der Waals surface area contributed by atoms with Gasteiger partial charge in [0.25, 0.3) is 0 Å². The summed E-state index contributed by atoms with van der Waals surface area (Å²) in [5.41, 5.74) is 0.560. The summed E-state index contributed by atoms with van der Waals surface area (Å²) in [7, 11) is 0. The number of hydrogen-bond donors (Lipinski definition) is 1. The third-order valence-electron chi connectivity index (χ3n) is 3.03. The lowest BCUT2D eigenvalue weighted by atomic mass is 9.91. The van der Waals surface area contributed by atoms with Crippen LogP contribution in [0.15, 0.2) is 35.7 Å². The molecule has 0 saturated heterocycles. The summed E-state index contributed by atoms with van der Waals surface area (Å²) in [6.45, 7) is 4.89. The number of nitriles is 1. The van der Waals surface area contributed by atoms with Crippen LogP contribution in [0.3, 0.4) is 0 Å². The first kappa shape index (κ1) is 13.6. The van der Waals surface area contributed by atoms with Gasteiger partial charge in [-0.2, -0.15) is 5.26 Å². The molecule has 0 saturated carbocycles. The van der Waals surface area contributed by atoms with E-state index in [1.807, 2.05) is 17.5 Å². The lowest BCUT2D eigenvalue weighted by Crippen LogP contribution is -2.26. The zero-order valence-electron chi connectivity index (χ0n) is 10.9. The Morgan fingerprint density at radius 1 is 1.32 bits per heavy atom. The molecule has 0 fully saturated rings. The fourth-order valence-electron chi connectivity index (χ4n) is 1.85. The molecule has 1 N–H and O–H groups in total. The zero-order valence-corrected chi connectivity index (χ0v) is 11.7. The predicted molar refractivity (Wildman–Crippen MR) is 76.9 cm³/mol. The molecule has 19 heavy (non-hydrogen) atoms. The van der Waals surface area contributed by atoms with E-state index in [2.05, 4.69) is 25.2 Å². The van der Waals surface area contributed by atoms with E-state index in [0.717, 1.165) is 0 Å². The van der Waals surface area contributed by atoms with E-state index in [-0.39, 0.29) is 11.0 Å². The van der Waals surface area contributed by atoms with E-state index in [9.17, 15) is 4.39 Å². The van der Waals surface area contributed by atoms with Crippen LogP contribution in [0.2, 0.25) is 0 Å². The number of benzene rings is 1. The van der Waals surface area contributed by atoms with E-state index in [1.165, 1.54) is 10.9 Å². The molecule has 1 aromatic heterocycles. The molecule has 98 valence electrons.